The Labute approximate surface area is 254 Å². The second-order valence-electron chi connectivity index (χ2n) is 11.5. The van der Waals surface area contributed by atoms with Crippen LogP contribution >= 0.6 is 11.6 Å². The average Bonchev–Trinajstić information content (AvgIpc) is 3.65. The number of nitrogens with one attached hydrogen (secondary N) is 2. The number of rotatable bonds is 6. The molecule has 3 aromatic rings. The molecule has 44 heavy (non-hydrogen) atoms. The summed E-state index contributed by atoms with van der Waals surface area (Å²) in [6, 6.07) is 2.58. The number of anilines is 1. The molecule has 0 saturated carbocycles. The first-order valence-electron chi connectivity index (χ1n) is 14.2. The normalized spacial score (nSPS) is 22.9. The maximum atomic E-state index is 14.5. The molecule has 0 bridgehead atoms. The Hall–Kier alpha value is -4.04. The molecule has 0 unspecified atom stereocenters. The zero-order chi connectivity index (χ0) is 30.8. The van der Waals surface area contributed by atoms with Gasteiger partial charge in [-0.15, -0.1) is 0 Å². The molecular weight excluding hydrogens is 604 g/mol. The fourth-order valence-corrected chi connectivity index (χ4v) is 7.06. The maximum absolute atomic E-state index is 14.5. The number of nitrogens with two attached hydrogens (primary N) is 1. The Bertz CT molecular complexity index is 1780. The largest absolute Gasteiger partial charge is 0.462 e. The van der Waals surface area contributed by atoms with Gasteiger partial charge in [-0.05, 0) is 44.0 Å². The zero-order valence-corrected chi connectivity index (χ0v) is 24.4. The third-order valence-electron chi connectivity index (χ3n) is 8.61. The highest BCUT2D eigenvalue weighted by Crippen LogP contribution is 2.42. The van der Waals surface area contributed by atoms with Crippen LogP contribution in [0.3, 0.4) is 0 Å². The number of pyridine rings is 1. The third-order valence-corrected chi connectivity index (χ3v) is 8.99. The summed E-state index contributed by atoms with van der Waals surface area (Å²) >= 11 is 6.85. The number of halogens is 5. The molecule has 4 aliphatic rings. The van der Waals surface area contributed by atoms with Crippen molar-refractivity contribution in [3.63, 3.8) is 0 Å². The molecule has 15 heteroatoms. The molecule has 0 amide bonds. The molecule has 0 spiro atoms. The Kier molecular flexibility index (Phi) is 6.88. The number of alkyl halides is 4. The van der Waals surface area contributed by atoms with E-state index in [0.717, 1.165) is 24.9 Å². The molecule has 4 aliphatic heterocycles. The summed E-state index contributed by atoms with van der Waals surface area (Å²) in [4.78, 5) is 12.6. The molecule has 2 saturated heterocycles. The predicted octanol–water partition coefficient (Wildman–Crippen LogP) is 3.57. The molecular formula is C29H29ClF4N8O2. The third kappa shape index (κ3) is 4.89. The second kappa shape index (κ2) is 10.5. The summed E-state index contributed by atoms with van der Waals surface area (Å²) in [7, 11) is 0. The van der Waals surface area contributed by atoms with Gasteiger partial charge in [0.2, 0.25) is 0 Å². The van der Waals surface area contributed by atoms with Crippen molar-refractivity contribution in [1.82, 2.24) is 30.3 Å². The highest BCUT2D eigenvalue weighted by atomic mass is 35.5. The van der Waals surface area contributed by atoms with Gasteiger partial charge in [0.25, 0.3) is 0 Å². The summed E-state index contributed by atoms with van der Waals surface area (Å²) in [5, 5.41) is 10.7. The Morgan fingerprint density at radius 3 is 2.91 bits per heavy atom. The Balaban J connectivity index is 1.37. The lowest BCUT2D eigenvalue weighted by molar-refractivity contribution is -0.137. The highest BCUT2D eigenvalue weighted by molar-refractivity contribution is 6.33. The fraction of sp³-hybridized carbons (Fsp3) is 0.414. The van der Waals surface area contributed by atoms with Gasteiger partial charge in [-0.1, -0.05) is 11.6 Å². The topological polar surface area (TPSA) is 117 Å². The minimum atomic E-state index is -4.73. The van der Waals surface area contributed by atoms with Crippen molar-refractivity contribution in [3.05, 3.63) is 69.0 Å². The van der Waals surface area contributed by atoms with E-state index in [1.165, 1.54) is 19.1 Å². The van der Waals surface area contributed by atoms with E-state index in [-0.39, 0.29) is 52.3 Å². The van der Waals surface area contributed by atoms with Crippen molar-refractivity contribution in [2.75, 3.05) is 32.1 Å². The van der Waals surface area contributed by atoms with Crippen LogP contribution in [0.1, 0.15) is 36.0 Å². The van der Waals surface area contributed by atoms with Crippen LogP contribution in [0, 0.1) is 6.92 Å². The van der Waals surface area contributed by atoms with Crippen molar-refractivity contribution in [2.24, 2.45) is 4.99 Å². The van der Waals surface area contributed by atoms with E-state index in [1.54, 1.807) is 18.6 Å². The van der Waals surface area contributed by atoms with E-state index in [4.69, 9.17) is 26.8 Å². The molecule has 2 aromatic heterocycles. The van der Waals surface area contributed by atoms with Crippen molar-refractivity contribution >= 4 is 23.2 Å². The van der Waals surface area contributed by atoms with Crippen LogP contribution in [-0.4, -0.2) is 63.1 Å². The molecule has 6 heterocycles. The van der Waals surface area contributed by atoms with Crippen LogP contribution in [0.2, 0.25) is 5.02 Å². The van der Waals surface area contributed by atoms with Gasteiger partial charge in [0.15, 0.2) is 0 Å². The predicted molar refractivity (Wildman–Crippen MR) is 153 cm³/mol. The molecule has 4 N–H and O–H groups in total. The summed E-state index contributed by atoms with van der Waals surface area (Å²) in [6.07, 6.45) is 1.50. The number of aromatic amines is 1. The monoisotopic (exact) mass is 632 g/mol. The first kappa shape index (κ1) is 28.7. The molecule has 7 rings (SSSR count). The highest BCUT2D eigenvalue weighted by Gasteiger charge is 2.49. The van der Waals surface area contributed by atoms with Crippen LogP contribution in [0.5, 0.6) is 5.75 Å². The van der Waals surface area contributed by atoms with Gasteiger partial charge in [-0.3, -0.25) is 15.0 Å². The van der Waals surface area contributed by atoms with Crippen LogP contribution < -0.4 is 26.4 Å². The lowest BCUT2D eigenvalue weighted by Crippen LogP contribution is -2.43. The summed E-state index contributed by atoms with van der Waals surface area (Å²) in [6.45, 7) is 3.10. The molecule has 10 nitrogen and oxygen atoms in total. The van der Waals surface area contributed by atoms with Crippen LogP contribution in [0.15, 0.2) is 41.7 Å². The summed E-state index contributed by atoms with van der Waals surface area (Å²) in [5.41, 5.74) is 4.80. The number of hydrogen-bond donors (Lipinski definition) is 3. The van der Waals surface area contributed by atoms with Gasteiger partial charge in [-0.2, -0.15) is 18.3 Å². The number of hydrogen-bond acceptors (Lipinski definition) is 9. The smallest absolute Gasteiger partial charge is 0.418 e. The minimum Gasteiger partial charge on any atom is -0.462 e. The second-order valence-corrected chi connectivity index (χ2v) is 11.9. The van der Waals surface area contributed by atoms with Crippen LogP contribution in [0.4, 0.5) is 23.4 Å². The van der Waals surface area contributed by atoms with E-state index in [1.807, 2.05) is 4.90 Å². The SMILES string of the molecule is Cc1cc(N)nc(-c2cc3c4c(c2Cl)=NCNC=4N(Cc2cn[nH]c2)C=C(OC[C@@]24CCCN2C[C@H](F)C4)O3)c1C(F)(F)F. The van der Waals surface area contributed by atoms with Gasteiger partial charge >= 0.3 is 12.1 Å². The van der Waals surface area contributed by atoms with Gasteiger partial charge in [0, 0.05) is 30.3 Å². The first-order chi connectivity index (χ1) is 21.0. The number of aryl methyl sites for hydroxylation is 1. The number of H-pyrrole nitrogens is 1. The number of fused-ring (bicyclic) bond motifs is 1. The molecule has 2 fully saturated rings. The van der Waals surface area contributed by atoms with E-state index >= 15 is 0 Å². The van der Waals surface area contributed by atoms with Crippen molar-refractivity contribution in [2.45, 2.75) is 50.6 Å². The number of nitrogens with zero attached hydrogens (tertiary/aromatic N) is 5. The molecule has 0 radical (unpaired) electrons. The van der Waals surface area contributed by atoms with Gasteiger partial charge in [0.05, 0.1) is 51.3 Å². The number of aromatic nitrogens is 3. The minimum absolute atomic E-state index is 0.0255. The van der Waals surface area contributed by atoms with Gasteiger partial charge < -0.3 is 25.4 Å². The lowest BCUT2D eigenvalue weighted by Gasteiger charge is -2.31. The first-order valence-corrected chi connectivity index (χ1v) is 14.6. The lowest BCUT2D eigenvalue weighted by atomic mass is 9.95. The summed E-state index contributed by atoms with van der Waals surface area (Å²) < 4.78 is 70.1. The summed E-state index contributed by atoms with van der Waals surface area (Å²) in [5.74, 6) is 0.729. The Morgan fingerprint density at radius 1 is 1.30 bits per heavy atom. The molecule has 1 aromatic carbocycles. The van der Waals surface area contributed by atoms with E-state index in [2.05, 4.69) is 30.4 Å². The van der Waals surface area contributed by atoms with Gasteiger partial charge in [-0.25, -0.2) is 9.37 Å². The average molecular weight is 633 g/mol. The van der Waals surface area contributed by atoms with Crippen molar-refractivity contribution < 1.29 is 27.0 Å². The van der Waals surface area contributed by atoms with E-state index in [0.29, 0.717) is 30.5 Å². The van der Waals surface area contributed by atoms with E-state index < -0.39 is 29.1 Å². The van der Waals surface area contributed by atoms with Crippen LogP contribution in [0.25, 0.3) is 17.1 Å². The molecule has 232 valence electrons. The van der Waals surface area contributed by atoms with Crippen LogP contribution in [-0.2, 0) is 17.5 Å². The zero-order valence-electron chi connectivity index (χ0n) is 23.6. The Morgan fingerprint density at radius 2 is 2.14 bits per heavy atom. The van der Waals surface area contributed by atoms with Gasteiger partial charge in [0.1, 0.15) is 36.8 Å². The fourth-order valence-electron chi connectivity index (χ4n) is 6.76. The van der Waals surface area contributed by atoms with Crippen molar-refractivity contribution in [3.8, 4) is 17.0 Å². The van der Waals surface area contributed by atoms with Crippen molar-refractivity contribution in [1.29, 1.82) is 0 Å². The standard InChI is InChI=1S/C29H29ClF4N8O2/c1-15-5-20(35)40-25(23(15)29(32,33)34)18-6-19-22-26(24(18)30)36-14-37-27(22)41(10-16-8-38-39-9-16)12-21(44-19)43-13-28-3-2-4-42(28)11-17(31)7-28/h5-6,8-9,12,17,37H,2-4,7,10-11,13-14H2,1H3,(H2,35,40)(H,38,39)/t17-,28+/m1/s1. The maximum Gasteiger partial charge on any atom is 0.418 e. The quantitative estimate of drug-likeness (QED) is 0.354. The molecule has 0 aliphatic carbocycles. The number of benzene rings is 1. The molecule has 2 atom stereocenters. The van der Waals surface area contributed by atoms with E-state index in [9.17, 15) is 17.6 Å². The number of ether oxygens (including phenoxy) is 2. The number of nitrogen functional groups attached to an aromatic ring is 1.